The fourth-order valence-electron chi connectivity index (χ4n) is 1.76. The molecule has 6 heteroatoms. The van der Waals surface area contributed by atoms with Gasteiger partial charge >= 0.3 is 0 Å². The van der Waals surface area contributed by atoms with Gasteiger partial charge in [-0.3, -0.25) is 4.79 Å². The summed E-state index contributed by atoms with van der Waals surface area (Å²) < 4.78 is 16.1. The molecule has 1 aliphatic heterocycles. The first kappa shape index (κ1) is 12.0. The lowest BCUT2D eigenvalue weighted by Gasteiger charge is -2.08. The van der Waals surface area contributed by atoms with Crippen molar-refractivity contribution in [2.75, 3.05) is 6.79 Å². The maximum absolute atomic E-state index is 11.1. The number of aryl methyl sites for hydroxylation is 1. The minimum atomic E-state index is 0.169. The van der Waals surface area contributed by atoms with E-state index in [1.807, 2.05) is 12.3 Å². The molecular weight excluding hydrogens is 266 g/mol. The number of hydrogen-bond donors (Lipinski definition) is 0. The summed E-state index contributed by atoms with van der Waals surface area (Å²) in [4.78, 5) is 15.4. The van der Waals surface area contributed by atoms with Crippen LogP contribution >= 0.6 is 11.3 Å². The van der Waals surface area contributed by atoms with Gasteiger partial charge in [-0.25, -0.2) is 4.98 Å². The van der Waals surface area contributed by atoms with Gasteiger partial charge in [0.1, 0.15) is 17.4 Å². The Bertz CT molecular complexity index is 623. The molecule has 19 heavy (non-hydrogen) atoms. The lowest BCUT2D eigenvalue weighted by molar-refractivity contribution is 0.111. The molecule has 0 spiro atoms. The molecule has 0 N–H and O–H groups in total. The van der Waals surface area contributed by atoms with Gasteiger partial charge in [0.2, 0.25) is 6.79 Å². The van der Waals surface area contributed by atoms with Crippen LogP contribution in [0.3, 0.4) is 0 Å². The van der Waals surface area contributed by atoms with Gasteiger partial charge in [0, 0.05) is 17.1 Å². The van der Waals surface area contributed by atoms with E-state index < -0.39 is 0 Å². The zero-order valence-corrected chi connectivity index (χ0v) is 11.0. The van der Waals surface area contributed by atoms with Crippen LogP contribution in [-0.4, -0.2) is 18.1 Å². The van der Waals surface area contributed by atoms with Crippen molar-refractivity contribution in [2.45, 2.75) is 13.5 Å². The van der Waals surface area contributed by atoms with Crippen molar-refractivity contribution in [3.05, 3.63) is 33.8 Å². The Kier molecular flexibility index (Phi) is 3.08. The number of carbonyl (C=O) groups excluding carboxylic acids is 1. The second kappa shape index (κ2) is 4.89. The van der Waals surface area contributed by atoms with Crippen LogP contribution in [0.1, 0.15) is 21.1 Å². The standard InChI is InChI=1S/C13H11NO4S/c1-8-6-19-13(14-8)5-16-10-3-12-11(17-7-18-12)2-9(10)4-15/h2-4,6H,5,7H2,1H3. The minimum Gasteiger partial charge on any atom is -0.486 e. The Hall–Kier alpha value is -2.08. The molecule has 0 unspecified atom stereocenters. The lowest BCUT2D eigenvalue weighted by atomic mass is 10.2. The molecule has 1 aromatic carbocycles. The number of thiazole rings is 1. The molecule has 1 aliphatic rings. The van der Waals surface area contributed by atoms with E-state index in [1.165, 1.54) is 11.3 Å². The lowest BCUT2D eigenvalue weighted by Crippen LogP contribution is -1.98. The number of hydrogen-bond acceptors (Lipinski definition) is 6. The predicted molar refractivity (Wildman–Crippen MR) is 69.1 cm³/mol. The third-order valence-electron chi connectivity index (χ3n) is 2.65. The number of carbonyl (C=O) groups is 1. The van der Waals surface area contributed by atoms with Crippen LogP contribution in [-0.2, 0) is 6.61 Å². The molecule has 0 aliphatic carbocycles. The monoisotopic (exact) mass is 277 g/mol. The third-order valence-corrected chi connectivity index (χ3v) is 3.59. The second-order valence-corrected chi connectivity index (χ2v) is 4.98. The minimum absolute atomic E-state index is 0.169. The van der Waals surface area contributed by atoms with E-state index in [0.29, 0.717) is 29.4 Å². The van der Waals surface area contributed by atoms with E-state index in [1.54, 1.807) is 12.1 Å². The van der Waals surface area contributed by atoms with Crippen molar-refractivity contribution in [1.82, 2.24) is 4.98 Å². The average molecular weight is 277 g/mol. The Morgan fingerprint density at radius 2 is 2.21 bits per heavy atom. The fourth-order valence-corrected chi connectivity index (χ4v) is 2.45. The summed E-state index contributed by atoms with van der Waals surface area (Å²) in [6, 6.07) is 3.30. The van der Waals surface area contributed by atoms with Gasteiger partial charge in [-0.05, 0) is 13.0 Å². The van der Waals surface area contributed by atoms with E-state index in [0.717, 1.165) is 17.0 Å². The molecule has 0 radical (unpaired) electrons. The van der Waals surface area contributed by atoms with Gasteiger partial charge < -0.3 is 14.2 Å². The van der Waals surface area contributed by atoms with Crippen molar-refractivity contribution in [1.29, 1.82) is 0 Å². The van der Waals surface area contributed by atoms with E-state index in [9.17, 15) is 4.79 Å². The number of aldehydes is 1. The van der Waals surface area contributed by atoms with Crippen LogP contribution in [0.5, 0.6) is 17.2 Å². The Labute approximate surface area is 113 Å². The number of nitrogens with zero attached hydrogens (tertiary/aromatic N) is 1. The topological polar surface area (TPSA) is 57.7 Å². The van der Waals surface area contributed by atoms with Crippen LogP contribution in [0.25, 0.3) is 0 Å². The molecule has 2 heterocycles. The maximum Gasteiger partial charge on any atom is 0.231 e. The average Bonchev–Trinajstić information content (AvgIpc) is 3.03. The normalized spacial score (nSPS) is 12.5. The third kappa shape index (κ3) is 2.39. The molecule has 2 aromatic rings. The number of benzene rings is 1. The summed E-state index contributed by atoms with van der Waals surface area (Å²) in [5, 5.41) is 2.82. The first-order chi connectivity index (χ1) is 9.26. The zero-order chi connectivity index (χ0) is 13.2. The van der Waals surface area contributed by atoms with E-state index in [2.05, 4.69) is 4.98 Å². The molecule has 0 bridgehead atoms. The smallest absolute Gasteiger partial charge is 0.231 e. The van der Waals surface area contributed by atoms with Gasteiger partial charge in [-0.2, -0.15) is 0 Å². The maximum atomic E-state index is 11.1. The van der Waals surface area contributed by atoms with Gasteiger partial charge in [-0.15, -0.1) is 11.3 Å². The van der Waals surface area contributed by atoms with Crippen LogP contribution in [0.2, 0.25) is 0 Å². The quantitative estimate of drug-likeness (QED) is 0.804. The van der Waals surface area contributed by atoms with Gasteiger partial charge in [-0.1, -0.05) is 0 Å². The van der Waals surface area contributed by atoms with Crippen molar-refractivity contribution >= 4 is 17.6 Å². The second-order valence-electron chi connectivity index (χ2n) is 4.03. The first-order valence-electron chi connectivity index (χ1n) is 5.69. The number of aromatic nitrogens is 1. The summed E-state index contributed by atoms with van der Waals surface area (Å²) in [7, 11) is 0. The number of rotatable bonds is 4. The highest BCUT2D eigenvalue weighted by Crippen LogP contribution is 2.37. The number of fused-ring (bicyclic) bond motifs is 1. The van der Waals surface area contributed by atoms with Crippen molar-refractivity contribution in [2.24, 2.45) is 0 Å². The van der Waals surface area contributed by atoms with E-state index >= 15 is 0 Å². The Morgan fingerprint density at radius 1 is 1.42 bits per heavy atom. The van der Waals surface area contributed by atoms with Crippen molar-refractivity contribution in [3.63, 3.8) is 0 Å². The highest BCUT2D eigenvalue weighted by molar-refractivity contribution is 7.09. The largest absolute Gasteiger partial charge is 0.486 e. The molecule has 0 atom stereocenters. The summed E-state index contributed by atoms with van der Waals surface area (Å²) >= 11 is 1.53. The van der Waals surface area contributed by atoms with Crippen molar-refractivity contribution in [3.8, 4) is 17.2 Å². The summed E-state index contributed by atoms with van der Waals surface area (Å²) in [6.07, 6.45) is 0.740. The molecule has 1 aromatic heterocycles. The molecule has 0 saturated carbocycles. The van der Waals surface area contributed by atoms with Crippen LogP contribution in [0.4, 0.5) is 0 Å². The van der Waals surface area contributed by atoms with E-state index in [-0.39, 0.29) is 6.79 Å². The SMILES string of the molecule is Cc1csc(COc2cc3c(cc2C=O)OCO3)n1. The first-order valence-corrected chi connectivity index (χ1v) is 6.57. The van der Waals surface area contributed by atoms with Gasteiger partial charge in [0.25, 0.3) is 0 Å². The van der Waals surface area contributed by atoms with Crippen LogP contribution in [0.15, 0.2) is 17.5 Å². The van der Waals surface area contributed by atoms with Crippen LogP contribution < -0.4 is 14.2 Å². The summed E-state index contributed by atoms with van der Waals surface area (Å²) in [6.45, 7) is 2.43. The molecular formula is C13H11NO4S. The predicted octanol–water partition coefficient (Wildman–Crippen LogP) is 2.57. The molecule has 98 valence electrons. The van der Waals surface area contributed by atoms with Gasteiger partial charge in [0.15, 0.2) is 17.8 Å². The number of ether oxygens (including phenoxy) is 3. The zero-order valence-electron chi connectivity index (χ0n) is 10.2. The molecule has 3 rings (SSSR count). The highest BCUT2D eigenvalue weighted by Gasteiger charge is 2.18. The van der Waals surface area contributed by atoms with Crippen LogP contribution in [0, 0.1) is 6.92 Å². The van der Waals surface area contributed by atoms with Crippen molar-refractivity contribution < 1.29 is 19.0 Å². The molecule has 0 saturated heterocycles. The Balaban J connectivity index is 1.81. The molecule has 0 fully saturated rings. The van der Waals surface area contributed by atoms with Gasteiger partial charge in [0.05, 0.1) is 5.56 Å². The Morgan fingerprint density at radius 3 is 2.89 bits per heavy atom. The fraction of sp³-hybridized carbons (Fsp3) is 0.231. The summed E-state index contributed by atoms with van der Waals surface area (Å²) in [5.74, 6) is 1.64. The molecule has 0 amide bonds. The molecule has 5 nitrogen and oxygen atoms in total. The summed E-state index contributed by atoms with van der Waals surface area (Å²) in [5.41, 5.74) is 1.41. The highest BCUT2D eigenvalue weighted by atomic mass is 32.1. The van der Waals surface area contributed by atoms with E-state index in [4.69, 9.17) is 14.2 Å².